The number of ether oxygens (including phenoxy) is 2. The van der Waals surface area contributed by atoms with Gasteiger partial charge in [0.05, 0.1) is 24.1 Å². The number of nitrogens with one attached hydrogen (secondary N) is 1. The van der Waals surface area contributed by atoms with Crippen molar-refractivity contribution in [2.75, 3.05) is 0 Å². The Labute approximate surface area is 170 Å². The molecule has 7 nitrogen and oxygen atoms in total. The largest absolute Gasteiger partial charge is 0.464 e. The van der Waals surface area contributed by atoms with Crippen molar-refractivity contribution in [3.8, 4) is 18.2 Å². The Morgan fingerprint density at radius 2 is 1.83 bits per heavy atom. The van der Waals surface area contributed by atoms with E-state index < -0.39 is 28.6 Å². The smallest absolute Gasteiger partial charge is 0.217 e. The topological polar surface area (TPSA) is 127 Å². The first kappa shape index (κ1) is 19.5. The van der Waals surface area contributed by atoms with Crippen LogP contribution in [0, 0.1) is 74.4 Å². The van der Waals surface area contributed by atoms with E-state index in [0.717, 1.165) is 6.42 Å². The van der Waals surface area contributed by atoms with Gasteiger partial charge in [-0.15, -0.1) is 0 Å². The molecule has 1 N–H and O–H groups in total. The maximum atomic E-state index is 10.4. The highest BCUT2D eigenvalue weighted by atomic mass is 16.7. The lowest BCUT2D eigenvalue weighted by Crippen LogP contribution is -2.61. The molecule has 4 rings (SSSR count). The van der Waals surface area contributed by atoms with Crippen molar-refractivity contribution in [1.82, 2.24) is 0 Å². The molecule has 1 aromatic rings. The maximum Gasteiger partial charge on any atom is 0.217 e. The van der Waals surface area contributed by atoms with Gasteiger partial charge in [-0.3, -0.25) is 5.41 Å². The van der Waals surface area contributed by atoms with Crippen molar-refractivity contribution in [2.24, 2.45) is 28.1 Å². The van der Waals surface area contributed by atoms with Crippen LogP contribution in [0.3, 0.4) is 0 Å². The Morgan fingerprint density at radius 1 is 1.14 bits per heavy atom. The van der Waals surface area contributed by atoms with Gasteiger partial charge >= 0.3 is 0 Å². The molecule has 0 spiro atoms. The second kappa shape index (κ2) is 5.85. The molecule has 5 unspecified atom stereocenters. The molecule has 3 aliphatic rings. The highest BCUT2D eigenvalue weighted by molar-refractivity contribution is 5.89. The van der Waals surface area contributed by atoms with Crippen LogP contribution in [-0.2, 0) is 9.47 Å². The average molecular weight is 392 g/mol. The Bertz CT molecular complexity index is 987. The van der Waals surface area contributed by atoms with Gasteiger partial charge < -0.3 is 13.9 Å². The Hall–Kier alpha value is -2.82. The maximum absolute atomic E-state index is 10.4. The van der Waals surface area contributed by atoms with Crippen LogP contribution in [0.1, 0.15) is 57.7 Å². The summed E-state index contributed by atoms with van der Waals surface area (Å²) in [4.78, 5) is 0. The summed E-state index contributed by atoms with van der Waals surface area (Å²) in [5, 5.41) is 39.4. The van der Waals surface area contributed by atoms with Crippen LogP contribution in [0.15, 0.2) is 16.5 Å². The third-order valence-electron chi connectivity index (χ3n) is 7.15. The lowest BCUT2D eigenvalue weighted by molar-refractivity contribution is -0.304. The molecule has 7 heteroatoms. The average Bonchev–Trinajstić information content (AvgIpc) is 3.18. The van der Waals surface area contributed by atoms with Crippen LogP contribution >= 0.6 is 0 Å². The van der Waals surface area contributed by atoms with E-state index in [1.165, 1.54) is 0 Å². The lowest BCUT2D eigenvalue weighted by atomic mass is 9.50. The monoisotopic (exact) mass is 392 g/mol. The van der Waals surface area contributed by atoms with E-state index >= 15 is 0 Å². The summed E-state index contributed by atoms with van der Waals surface area (Å²) in [6.45, 7) is 8.18. The normalized spacial score (nSPS) is 37.6. The molecule has 5 atom stereocenters. The van der Waals surface area contributed by atoms with Gasteiger partial charge in [0.25, 0.3) is 0 Å². The highest BCUT2D eigenvalue weighted by Crippen LogP contribution is 2.70. The number of hydrogen-bond acceptors (Lipinski definition) is 7. The number of aryl methyl sites for hydroxylation is 1. The van der Waals surface area contributed by atoms with Crippen LogP contribution in [0.5, 0.6) is 0 Å². The van der Waals surface area contributed by atoms with Gasteiger partial charge in [0.1, 0.15) is 11.5 Å². The molecule has 2 bridgehead atoms. The molecule has 3 fully saturated rings. The predicted molar refractivity (Wildman–Crippen MR) is 101 cm³/mol. The fourth-order valence-corrected chi connectivity index (χ4v) is 5.47. The summed E-state index contributed by atoms with van der Waals surface area (Å²) < 4.78 is 18.0. The molecular formula is C22H24N4O3. The van der Waals surface area contributed by atoms with Gasteiger partial charge in [0.15, 0.2) is 11.5 Å². The molecule has 2 saturated heterocycles. The Balaban J connectivity index is 1.94. The molecule has 0 radical (unpaired) electrons. The van der Waals surface area contributed by atoms with Gasteiger partial charge in [-0.1, -0.05) is 20.8 Å². The second-order valence-electron chi connectivity index (χ2n) is 9.53. The predicted octanol–water partition coefficient (Wildman–Crippen LogP) is 4.37. The van der Waals surface area contributed by atoms with Crippen molar-refractivity contribution >= 4 is 5.90 Å². The molecule has 1 saturated carbocycles. The van der Waals surface area contributed by atoms with Gasteiger partial charge in [-0.2, -0.15) is 15.8 Å². The minimum Gasteiger partial charge on any atom is -0.464 e. The van der Waals surface area contributed by atoms with E-state index in [2.05, 4.69) is 39.0 Å². The fourth-order valence-electron chi connectivity index (χ4n) is 5.47. The molecule has 29 heavy (non-hydrogen) atoms. The molecular weight excluding hydrogens is 368 g/mol. The molecule has 1 aromatic heterocycles. The van der Waals surface area contributed by atoms with Crippen LogP contribution in [0.4, 0.5) is 0 Å². The van der Waals surface area contributed by atoms with E-state index in [0.29, 0.717) is 24.4 Å². The molecule has 3 heterocycles. The van der Waals surface area contributed by atoms with E-state index in [1.807, 2.05) is 0 Å². The zero-order valence-corrected chi connectivity index (χ0v) is 17.1. The van der Waals surface area contributed by atoms with Crippen LogP contribution in [0.25, 0.3) is 0 Å². The van der Waals surface area contributed by atoms with E-state index in [1.54, 1.807) is 19.1 Å². The second-order valence-corrected chi connectivity index (χ2v) is 9.53. The first-order valence-electron chi connectivity index (χ1n) is 9.86. The lowest BCUT2D eigenvalue weighted by Gasteiger charge is -2.53. The van der Waals surface area contributed by atoms with E-state index in [9.17, 15) is 15.8 Å². The molecule has 0 aromatic carbocycles. The number of nitriles is 3. The van der Waals surface area contributed by atoms with E-state index in [4.69, 9.17) is 19.3 Å². The number of furan rings is 1. The zero-order chi connectivity index (χ0) is 21.2. The van der Waals surface area contributed by atoms with E-state index in [-0.39, 0.29) is 17.2 Å². The summed E-state index contributed by atoms with van der Waals surface area (Å²) in [6.07, 6.45) is 0.740. The molecule has 1 aliphatic carbocycles. The van der Waals surface area contributed by atoms with Gasteiger partial charge in [-0.05, 0) is 43.2 Å². The highest BCUT2D eigenvalue weighted by Gasteiger charge is 2.81. The van der Waals surface area contributed by atoms with Crippen LogP contribution in [0.2, 0.25) is 0 Å². The SMILES string of the molecule is Cc1ccc(C2OC34CCC(C(C)(C)C)CC3C(C#N)(C(=N)O4)C2(C#N)C#N)o1. The van der Waals surface area contributed by atoms with Crippen molar-refractivity contribution in [1.29, 1.82) is 21.2 Å². The summed E-state index contributed by atoms with van der Waals surface area (Å²) in [5.74, 6) is -0.940. The van der Waals surface area contributed by atoms with Gasteiger partial charge in [0.2, 0.25) is 17.1 Å². The molecule has 0 amide bonds. The summed E-state index contributed by atoms with van der Waals surface area (Å²) in [6, 6.07) is 9.73. The van der Waals surface area contributed by atoms with Gasteiger partial charge in [0, 0.05) is 6.42 Å². The van der Waals surface area contributed by atoms with Crippen molar-refractivity contribution in [3.05, 3.63) is 23.7 Å². The number of nitrogens with zero attached hydrogens (tertiary/aromatic N) is 3. The Morgan fingerprint density at radius 3 is 2.34 bits per heavy atom. The third kappa shape index (κ3) is 2.21. The first-order valence-corrected chi connectivity index (χ1v) is 9.86. The van der Waals surface area contributed by atoms with Crippen molar-refractivity contribution < 1.29 is 13.9 Å². The minimum absolute atomic E-state index is 0.0171. The van der Waals surface area contributed by atoms with Gasteiger partial charge in [-0.25, -0.2) is 0 Å². The van der Waals surface area contributed by atoms with Crippen molar-refractivity contribution in [3.63, 3.8) is 0 Å². The standard InChI is InChI=1S/C22H24N4O3/c1-13-5-6-15(27-13)17-20(10-23,11-24)21(12-25)16-9-14(19(2,3)4)7-8-22(16,28-17)29-18(21)26/h5-6,14,16-17,26H,7-9H2,1-4H3. The number of hydrogen-bond donors (Lipinski definition) is 1. The first-order chi connectivity index (χ1) is 13.6. The zero-order valence-electron chi connectivity index (χ0n) is 17.1. The van der Waals surface area contributed by atoms with Crippen molar-refractivity contribution in [2.45, 2.75) is 58.8 Å². The van der Waals surface area contributed by atoms with Crippen LogP contribution < -0.4 is 0 Å². The summed E-state index contributed by atoms with van der Waals surface area (Å²) in [7, 11) is 0. The third-order valence-corrected chi connectivity index (χ3v) is 7.15. The molecule has 2 aliphatic heterocycles. The minimum atomic E-state index is -1.95. The quantitative estimate of drug-likeness (QED) is 0.756. The fraction of sp³-hybridized carbons (Fsp3) is 0.636. The Kier molecular flexibility index (Phi) is 3.93. The molecule has 150 valence electrons. The summed E-state index contributed by atoms with van der Waals surface area (Å²) in [5.41, 5.74) is -3.69. The van der Waals surface area contributed by atoms with Crippen LogP contribution in [-0.4, -0.2) is 11.7 Å². The summed E-state index contributed by atoms with van der Waals surface area (Å²) >= 11 is 0. The number of rotatable bonds is 1.